The molecule has 0 aromatic carbocycles. The number of hydrogen-bond acceptors (Lipinski definition) is 2. The fraction of sp³-hybridized carbons (Fsp3) is 1.00. The van der Waals surface area contributed by atoms with E-state index in [1.165, 1.54) is 103 Å². The van der Waals surface area contributed by atoms with E-state index < -0.39 is 0 Å². The van der Waals surface area contributed by atoms with Crippen molar-refractivity contribution in [2.24, 2.45) is 0 Å². The van der Waals surface area contributed by atoms with Gasteiger partial charge in [-0.2, -0.15) is 25.3 Å². The predicted octanol–water partition coefficient (Wildman–Crippen LogP) is 7.73. The van der Waals surface area contributed by atoms with Crippen LogP contribution in [-0.2, 0) is 0 Å². The summed E-state index contributed by atoms with van der Waals surface area (Å²) in [4.78, 5) is 0. The van der Waals surface area contributed by atoms with E-state index in [9.17, 15) is 0 Å². The molecule has 0 saturated heterocycles. The molecule has 0 atom stereocenters. The second kappa shape index (κ2) is 31.3. The van der Waals surface area contributed by atoms with Crippen LogP contribution in [0.1, 0.15) is 117 Å². The van der Waals surface area contributed by atoms with Crippen LogP contribution in [0.4, 0.5) is 0 Å². The Morgan fingerprint density at radius 2 is 0.609 bits per heavy atom. The monoisotopic (exact) mass is 468 g/mol. The number of unbranched alkanes of at least 4 members (excludes halogenated alkanes) is 14. The predicted molar refractivity (Wildman–Crippen MR) is 119 cm³/mol. The van der Waals surface area contributed by atoms with Gasteiger partial charge in [-0.1, -0.05) is 104 Å². The maximum absolute atomic E-state index is 4.18. The second-order valence-corrected chi connectivity index (χ2v) is 7.29. The van der Waals surface area contributed by atoms with Gasteiger partial charge in [0.05, 0.1) is 0 Å². The molecule has 0 unspecified atom stereocenters. The first-order valence-electron chi connectivity index (χ1n) is 10.0. The van der Waals surface area contributed by atoms with E-state index in [1.54, 1.807) is 0 Å². The van der Waals surface area contributed by atoms with E-state index in [1.807, 2.05) is 0 Å². The fourth-order valence-electron chi connectivity index (χ4n) is 2.49. The molecule has 23 heavy (non-hydrogen) atoms. The largest absolute Gasteiger partial charge is 0.179 e. The summed E-state index contributed by atoms with van der Waals surface area (Å²) in [5.41, 5.74) is 0. The molecule has 0 aliphatic carbocycles. The van der Waals surface area contributed by atoms with Gasteiger partial charge in [-0.05, 0) is 24.3 Å². The molecule has 0 aliphatic rings. The zero-order valence-corrected chi connectivity index (χ0v) is 20.8. The molecule has 0 N–H and O–H groups in total. The van der Waals surface area contributed by atoms with Crippen molar-refractivity contribution in [1.29, 1.82) is 0 Å². The first-order valence-corrected chi connectivity index (χ1v) is 11.3. The normalized spacial score (nSPS) is 9.91. The molecule has 0 heterocycles. The summed E-state index contributed by atoms with van der Waals surface area (Å²) in [6.07, 6.45) is 22.4. The first-order chi connectivity index (χ1) is 10.8. The molecule has 3 heteroatoms. The van der Waals surface area contributed by atoms with Gasteiger partial charge in [0.15, 0.2) is 0 Å². The van der Waals surface area contributed by atoms with Crippen molar-refractivity contribution in [2.75, 3.05) is 11.5 Å². The SMILES string of the molecule is CCCCCCCCCCS.CCCCCCCCCCS.[Sn]. The molecule has 0 aliphatic heterocycles. The molecule has 0 amide bonds. The summed E-state index contributed by atoms with van der Waals surface area (Å²) in [6, 6.07) is 0. The summed E-state index contributed by atoms with van der Waals surface area (Å²) in [5, 5.41) is 0. The van der Waals surface area contributed by atoms with E-state index in [4.69, 9.17) is 0 Å². The van der Waals surface area contributed by atoms with Gasteiger partial charge in [0.25, 0.3) is 0 Å². The van der Waals surface area contributed by atoms with Crippen LogP contribution < -0.4 is 0 Å². The second-order valence-electron chi connectivity index (χ2n) is 6.40. The Balaban J connectivity index is -0.000000333. The third kappa shape index (κ3) is 35.5. The van der Waals surface area contributed by atoms with Gasteiger partial charge in [0.1, 0.15) is 0 Å². The first kappa shape index (κ1) is 29.3. The summed E-state index contributed by atoms with van der Waals surface area (Å²) in [6.45, 7) is 4.53. The van der Waals surface area contributed by atoms with Gasteiger partial charge in [0.2, 0.25) is 0 Å². The molecule has 0 rings (SSSR count). The quantitative estimate of drug-likeness (QED) is 0.130. The van der Waals surface area contributed by atoms with Crippen LogP contribution in [0.25, 0.3) is 0 Å². The maximum atomic E-state index is 4.18. The molecule has 0 nitrogen and oxygen atoms in total. The van der Waals surface area contributed by atoms with Crippen molar-refractivity contribution < 1.29 is 0 Å². The molecule has 0 bridgehead atoms. The molecule has 140 valence electrons. The third-order valence-corrected chi connectivity index (χ3v) is 4.66. The van der Waals surface area contributed by atoms with Crippen LogP contribution in [0.2, 0.25) is 0 Å². The van der Waals surface area contributed by atoms with E-state index in [0.29, 0.717) is 0 Å². The van der Waals surface area contributed by atoms with Crippen molar-refractivity contribution in [3.63, 3.8) is 0 Å². The standard InChI is InChI=1S/2C10H22S.Sn/c2*1-2-3-4-5-6-7-8-9-10-11;/h2*11H,2-10H2,1H3;. The summed E-state index contributed by atoms with van der Waals surface area (Å²) >= 11 is 8.36. The summed E-state index contributed by atoms with van der Waals surface area (Å²) in [5.74, 6) is 2.13. The Kier molecular flexibility index (Phi) is 39.8. The summed E-state index contributed by atoms with van der Waals surface area (Å²) in [7, 11) is 0. The minimum Gasteiger partial charge on any atom is -0.179 e. The van der Waals surface area contributed by atoms with Gasteiger partial charge < -0.3 is 0 Å². The average Bonchev–Trinajstić information content (AvgIpc) is 2.54. The van der Waals surface area contributed by atoms with Crippen LogP contribution >= 0.6 is 25.3 Å². The number of hydrogen-bond donors (Lipinski definition) is 2. The Morgan fingerprint density at radius 1 is 0.391 bits per heavy atom. The van der Waals surface area contributed by atoms with Crippen LogP contribution in [0.3, 0.4) is 0 Å². The van der Waals surface area contributed by atoms with Crippen LogP contribution in [0, 0.1) is 0 Å². The Labute approximate surface area is 176 Å². The van der Waals surface area contributed by atoms with E-state index in [0.717, 1.165) is 11.5 Å². The Morgan fingerprint density at radius 3 is 0.826 bits per heavy atom. The van der Waals surface area contributed by atoms with Crippen molar-refractivity contribution in [1.82, 2.24) is 0 Å². The van der Waals surface area contributed by atoms with Gasteiger partial charge >= 0.3 is 0 Å². The minimum absolute atomic E-state index is 0. The van der Waals surface area contributed by atoms with Crippen molar-refractivity contribution in [2.45, 2.75) is 117 Å². The number of thiol groups is 2. The Bertz CT molecular complexity index is 132. The maximum Gasteiger partial charge on any atom is 0 e. The van der Waals surface area contributed by atoms with E-state index in [-0.39, 0.29) is 23.9 Å². The van der Waals surface area contributed by atoms with Crippen LogP contribution in [-0.4, -0.2) is 35.4 Å². The molecule has 0 aromatic heterocycles. The molecule has 0 fully saturated rings. The van der Waals surface area contributed by atoms with Gasteiger partial charge in [0, 0.05) is 23.9 Å². The zero-order chi connectivity index (χ0) is 16.7. The fourth-order valence-corrected chi connectivity index (χ4v) is 2.94. The molecule has 4 radical (unpaired) electrons. The van der Waals surface area contributed by atoms with Crippen molar-refractivity contribution >= 4 is 49.2 Å². The molecule has 0 aromatic rings. The molecule has 0 spiro atoms. The van der Waals surface area contributed by atoms with Gasteiger partial charge in [-0.25, -0.2) is 0 Å². The minimum atomic E-state index is 0. The third-order valence-electron chi connectivity index (χ3n) is 4.02. The van der Waals surface area contributed by atoms with Gasteiger partial charge in [-0.3, -0.25) is 0 Å². The zero-order valence-electron chi connectivity index (χ0n) is 16.1. The molecular weight excluding hydrogens is 423 g/mol. The van der Waals surface area contributed by atoms with E-state index >= 15 is 0 Å². The van der Waals surface area contributed by atoms with Crippen LogP contribution in [0.5, 0.6) is 0 Å². The smallest absolute Gasteiger partial charge is 0 e. The van der Waals surface area contributed by atoms with Gasteiger partial charge in [-0.15, -0.1) is 0 Å². The average molecular weight is 467 g/mol. The summed E-state index contributed by atoms with van der Waals surface area (Å²) < 4.78 is 0. The van der Waals surface area contributed by atoms with Crippen molar-refractivity contribution in [3.05, 3.63) is 0 Å². The van der Waals surface area contributed by atoms with Crippen molar-refractivity contribution in [3.8, 4) is 0 Å². The topological polar surface area (TPSA) is 0 Å². The molecule has 0 saturated carbocycles. The molecular formula is C20H44S2Sn. The number of rotatable bonds is 16. The Hall–Kier alpha value is 1.50. The van der Waals surface area contributed by atoms with E-state index in [2.05, 4.69) is 39.1 Å². The van der Waals surface area contributed by atoms with Crippen LogP contribution in [0.15, 0.2) is 0 Å².